The summed E-state index contributed by atoms with van der Waals surface area (Å²) in [6.45, 7) is 4.08. The summed E-state index contributed by atoms with van der Waals surface area (Å²) in [4.78, 5) is 43.8. The third-order valence-electron chi connectivity index (χ3n) is 6.18. The smallest absolute Gasteiger partial charge is 0.260 e. The van der Waals surface area contributed by atoms with Gasteiger partial charge in [-0.25, -0.2) is 9.97 Å². The highest BCUT2D eigenvalue weighted by molar-refractivity contribution is 7.97. The van der Waals surface area contributed by atoms with Crippen LogP contribution >= 0.6 is 34.4 Å². The highest BCUT2D eigenvalue weighted by atomic mass is 32.2. The van der Waals surface area contributed by atoms with Crippen molar-refractivity contribution in [1.82, 2.24) is 19.9 Å². The Balaban J connectivity index is 1.23. The van der Waals surface area contributed by atoms with Crippen molar-refractivity contribution in [3.05, 3.63) is 103 Å². The first-order valence-electron chi connectivity index (χ1n) is 11.7. The van der Waals surface area contributed by atoms with E-state index < -0.39 is 0 Å². The summed E-state index contributed by atoms with van der Waals surface area (Å²) in [6, 6.07) is 18.1. The van der Waals surface area contributed by atoms with Gasteiger partial charge in [-0.3, -0.25) is 9.59 Å². The molecule has 6 nitrogen and oxygen atoms in total. The van der Waals surface area contributed by atoms with Crippen molar-refractivity contribution in [2.24, 2.45) is 0 Å². The zero-order chi connectivity index (χ0) is 25.5. The molecule has 0 saturated heterocycles. The molecule has 0 amide bonds. The fourth-order valence-electron chi connectivity index (χ4n) is 4.44. The molecule has 0 spiro atoms. The molecule has 6 rings (SSSR count). The van der Waals surface area contributed by atoms with Gasteiger partial charge >= 0.3 is 0 Å². The van der Waals surface area contributed by atoms with E-state index in [0.717, 1.165) is 36.8 Å². The van der Waals surface area contributed by atoms with Crippen LogP contribution in [0, 0.1) is 13.8 Å². The Morgan fingerprint density at radius 2 is 1.43 bits per heavy atom. The molecule has 0 saturated carbocycles. The molecule has 0 bridgehead atoms. The molecule has 0 unspecified atom stereocenters. The van der Waals surface area contributed by atoms with E-state index >= 15 is 0 Å². The number of rotatable bonds is 6. The van der Waals surface area contributed by atoms with Crippen LogP contribution in [0.1, 0.15) is 22.1 Å². The van der Waals surface area contributed by atoms with Gasteiger partial charge in [0.2, 0.25) is 0 Å². The minimum absolute atomic E-state index is 0.125. The Morgan fingerprint density at radius 1 is 0.784 bits per heavy atom. The van der Waals surface area contributed by atoms with Gasteiger partial charge in [0.1, 0.15) is 21.3 Å². The van der Waals surface area contributed by atoms with Gasteiger partial charge in [0, 0.05) is 21.4 Å². The molecule has 0 radical (unpaired) electrons. The van der Waals surface area contributed by atoms with Gasteiger partial charge in [-0.1, -0.05) is 60.2 Å². The van der Waals surface area contributed by atoms with E-state index in [0.29, 0.717) is 33.9 Å². The van der Waals surface area contributed by atoms with Crippen LogP contribution in [0.15, 0.2) is 69.6 Å². The van der Waals surface area contributed by atoms with Crippen LogP contribution in [-0.4, -0.2) is 19.9 Å². The molecular formula is C28H22N4O2S3. The van der Waals surface area contributed by atoms with Crippen molar-refractivity contribution >= 4 is 54.9 Å². The van der Waals surface area contributed by atoms with E-state index in [4.69, 9.17) is 4.98 Å². The van der Waals surface area contributed by atoms with Crippen molar-refractivity contribution in [3.8, 4) is 22.3 Å². The molecule has 2 N–H and O–H groups in total. The summed E-state index contributed by atoms with van der Waals surface area (Å²) in [5.74, 6) is 2.23. The van der Waals surface area contributed by atoms with Gasteiger partial charge in [-0.2, -0.15) is 0 Å². The molecule has 6 aromatic rings. The third-order valence-corrected chi connectivity index (χ3v) is 9.01. The molecule has 37 heavy (non-hydrogen) atoms. The number of aromatic amines is 2. The Morgan fingerprint density at radius 3 is 2.14 bits per heavy atom. The van der Waals surface area contributed by atoms with E-state index in [-0.39, 0.29) is 11.1 Å². The highest BCUT2D eigenvalue weighted by Crippen LogP contribution is 2.36. The number of hydrogen-bond donors (Lipinski definition) is 2. The lowest BCUT2D eigenvalue weighted by atomic mass is 10.0. The number of nitrogens with one attached hydrogen (secondary N) is 2. The lowest BCUT2D eigenvalue weighted by Gasteiger charge is -2.04. The molecule has 0 aliphatic rings. The number of thioether (sulfide) groups is 1. The molecular weight excluding hydrogens is 521 g/mol. The minimum Gasteiger partial charge on any atom is -0.309 e. The van der Waals surface area contributed by atoms with Crippen molar-refractivity contribution < 1.29 is 0 Å². The molecule has 9 heteroatoms. The van der Waals surface area contributed by atoms with Crippen LogP contribution in [0.5, 0.6) is 0 Å². The van der Waals surface area contributed by atoms with Crippen molar-refractivity contribution in [2.45, 2.75) is 25.4 Å². The van der Waals surface area contributed by atoms with E-state index in [1.54, 1.807) is 23.1 Å². The molecule has 184 valence electrons. The molecule has 0 aliphatic heterocycles. The van der Waals surface area contributed by atoms with Crippen LogP contribution in [0.25, 0.3) is 42.7 Å². The number of nitrogens with zero attached hydrogens (tertiary/aromatic N) is 2. The van der Waals surface area contributed by atoms with Crippen LogP contribution in [0.3, 0.4) is 0 Å². The van der Waals surface area contributed by atoms with Gasteiger partial charge in [0.05, 0.1) is 22.3 Å². The van der Waals surface area contributed by atoms with Crippen molar-refractivity contribution in [1.29, 1.82) is 0 Å². The second-order valence-electron chi connectivity index (χ2n) is 8.79. The summed E-state index contributed by atoms with van der Waals surface area (Å²) in [6.07, 6.45) is 0. The number of aromatic nitrogens is 4. The van der Waals surface area contributed by atoms with E-state index in [2.05, 4.69) is 27.1 Å². The Labute approximate surface area is 224 Å². The number of aryl methyl sites for hydroxylation is 2. The fraction of sp³-hybridized carbons (Fsp3) is 0.143. The maximum atomic E-state index is 13.1. The predicted octanol–water partition coefficient (Wildman–Crippen LogP) is 6.67. The minimum atomic E-state index is -0.133. The van der Waals surface area contributed by atoms with Gasteiger partial charge in [-0.15, -0.1) is 34.4 Å². The summed E-state index contributed by atoms with van der Waals surface area (Å²) in [7, 11) is 0. The van der Waals surface area contributed by atoms with Crippen molar-refractivity contribution in [3.63, 3.8) is 0 Å². The number of H-pyrrole nitrogens is 2. The standard InChI is InChI=1S/C28H22N4O2S3/c1-15-8-10-18(11-9-15)22-16(2)37-28-24(22)26(34)30-21(32-28)14-35-13-20-29-25(33)23-19(12-36-27(23)31-20)17-6-4-3-5-7-17/h3-12H,13-14H2,1-2H3,(H,29,31,33)(H,30,32,34). The average molecular weight is 543 g/mol. The molecule has 0 atom stereocenters. The molecule has 4 heterocycles. The van der Waals surface area contributed by atoms with Gasteiger partial charge in [0.15, 0.2) is 0 Å². The Hall–Kier alpha value is -3.53. The second kappa shape index (κ2) is 9.74. The number of hydrogen-bond acceptors (Lipinski definition) is 7. The average Bonchev–Trinajstić information content (AvgIpc) is 3.46. The van der Waals surface area contributed by atoms with E-state index in [9.17, 15) is 9.59 Å². The lowest BCUT2D eigenvalue weighted by Crippen LogP contribution is -2.12. The monoisotopic (exact) mass is 542 g/mol. The first kappa shape index (κ1) is 23.8. The maximum absolute atomic E-state index is 13.1. The fourth-order valence-corrected chi connectivity index (χ4v) is 7.23. The zero-order valence-corrected chi connectivity index (χ0v) is 22.6. The SMILES string of the molecule is Cc1ccc(-c2c(C)sc3nc(CSCc4nc5scc(-c6ccccc6)c5c(=O)[nH]4)[nH]c(=O)c23)cc1. The Kier molecular flexibility index (Phi) is 6.27. The van der Waals surface area contributed by atoms with Crippen LogP contribution in [-0.2, 0) is 11.5 Å². The summed E-state index contributed by atoms with van der Waals surface area (Å²) in [5.41, 5.74) is 4.81. The first-order chi connectivity index (χ1) is 18.0. The third kappa shape index (κ3) is 4.54. The van der Waals surface area contributed by atoms with Crippen LogP contribution in [0.4, 0.5) is 0 Å². The zero-order valence-electron chi connectivity index (χ0n) is 20.1. The van der Waals surface area contributed by atoms with E-state index in [1.807, 2.05) is 61.7 Å². The molecule has 0 aliphatic carbocycles. The second-order valence-corrected chi connectivity index (χ2v) is 11.8. The summed E-state index contributed by atoms with van der Waals surface area (Å²) < 4.78 is 0. The number of fused-ring (bicyclic) bond motifs is 2. The summed E-state index contributed by atoms with van der Waals surface area (Å²) >= 11 is 4.57. The maximum Gasteiger partial charge on any atom is 0.260 e. The van der Waals surface area contributed by atoms with Crippen LogP contribution in [0.2, 0.25) is 0 Å². The first-order valence-corrected chi connectivity index (χ1v) is 14.6. The molecule has 0 fully saturated rings. The largest absolute Gasteiger partial charge is 0.309 e. The molecule has 4 aromatic heterocycles. The number of thiophene rings is 2. The quantitative estimate of drug-likeness (QED) is 0.245. The van der Waals surface area contributed by atoms with Gasteiger partial charge in [-0.05, 0) is 25.0 Å². The van der Waals surface area contributed by atoms with Crippen LogP contribution < -0.4 is 11.1 Å². The van der Waals surface area contributed by atoms with Gasteiger partial charge in [0.25, 0.3) is 11.1 Å². The van der Waals surface area contributed by atoms with Gasteiger partial charge < -0.3 is 9.97 Å². The summed E-state index contributed by atoms with van der Waals surface area (Å²) in [5, 5.41) is 3.25. The predicted molar refractivity (Wildman–Crippen MR) is 156 cm³/mol. The van der Waals surface area contributed by atoms with Crippen molar-refractivity contribution in [2.75, 3.05) is 0 Å². The lowest BCUT2D eigenvalue weighted by molar-refractivity contribution is 1.03. The Bertz CT molecular complexity index is 1870. The number of benzene rings is 2. The topological polar surface area (TPSA) is 91.5 Å². The van der Waals surface area contributed by atoms with E-state index in [1.165, 1.54) is 16.9 Å². The normalized spacial score (nSPS) is 11.5. The highest BCUT2D eigenvalue weighted by Gasteiger charge is 2.17. The molecule has 2 aromatic carbocycles.